The van der Waals surface area contributed by atoms with Crippen molar-refractivity contribution in [1.82, 2.24) is 24.9 Å². The lowest BCUT2D eigenvalue weighted by molar-refractivity contribution is 0.0849. The van der Waals surface area contributed by atoms with Crippen molar-refractivity contribution in [2.45, 2.75) is 38.2 Å². The molecule has 7 nitrogen and oxygen atoms in total. The first kappa shape index (κ1) is 14.3. The zero-order valence-corrected chi connectivity index (χ0v) is 13.9. The predicted molar refractivity (Wildman–Crippen MR) is 89.5 cm³/mol. The summed E-state index contributed by atoms with van der Waals surface area (Å²) < 4.78 is 7.15. The van der Waals surface area contributed by atoms with E-state index in [1.807, 2.05) is 0 Å². The van der Waals surface area contributed by atoms with E-state index >= 15 is 0 Å². The number of nitrogens with zero attached hydrogens (tertiary/aromatic N) is 4. The molecule has 0 saturated carbocycles. The van der Waals surface area contributed by atoms with E-state index in [4.69, 9.17) is 4.74 Å². The molecule has 1 aliphatic carbocycles. The quantitative estimate of drug-likeness (QED) is 0.783. The molecule has 8 heteroatoms. The molecule has 5 rings (SSSR count). The van der Waals surface area contributed by atoms with Crippen LogP contribution in [0.3, 0.4) is 0 Å². The van der Waals surface area contributed by atoms with Crippen LogP contribution >= 0.6 is 11.3 Å². The Morgan fingerprint density at radius 3 is 3.25 bits per heavy atom. The molecule has 0 spiro atoms. The fraction of sp³-hybridized carbons (Fsp3) is 0.500. The topological polar surface area (TPSA) is 81.4 Å². The number of hydrogen-bond donors (Lipinski definition) is 1. The molecule has 4 heterocycles. The number of carbonyl (C=O) groups is 1. The second kappa shape index (κ2) is 5.49. The van der Waals surface area contributed by atoms with Gasteiger partial charge in [0, 0.05) is 18.0 Å². The third-order valence-corrected chi connectivity index (χ3v) is 5.96. The molecule has 124 valence electrons. The lowest BCUT2D eigenvalue weighted by atomic mass is 10.2. The summed E-state index contributed by atoms with van der Waals surface area (Å²) in [4.78, 5) is 23.7. The van der Waals surface area contributed by atoms with Crippen molar-refractivity contribution in [1.29, 1.82) is 0 Å². The Labute approximate surface area is 142 Å². The highest BCUT2D eigenvalue weighted by atomic mass is 32.1. The van der Waals surface area contributed by atoms with E-state index in [0.29, 0.717) is 6.54 Å². The van der Waals surface area contributed by atoms with Crippen molar-refractivity contribution in [3.8, 4) is 0 Å². The molecule has 24 heavy (non-hydrogen) atoms. The van der Waals surface area contributed by atoms with Gasteiger partial charge in [0.1, 0.15) is 11.2 Å². The van der Waals surface area contributed by atoms with E-state index in [0.717, 1.165) is 48.2 Å². The second-order valence-corrected chi connectivity index (χ2v) is 7.41. The van der Waals surface area contributed by atoms with Crippen molar-refractivity contribution >= 4 is 33.1 Å². The fourth-order valence-corrected chi connectivity index (χ4v) is 4.80. The molecule has 3 aromatic heterocycles. The van der Waals surface area contributed by atoms with Gasteiger partial charge in [-0.1, -0.05) is 0 Å². The van der Waals surface area contributed by atoms with Crippen LogP contribution in [0.25, 0.3) is 15.9 Å². The summed E-state index contributed by atoms with van der Waals surface area (Å²) in [6, 6.07) is 0. The molecule has 0 aromatic carbocycles. The van der Waals surface area contributed by atoms with Crippen molar-refractivity contribution in [2.75, 3.05) is 13.2 Å². The number of carbonyl (C=O) groups excluding carboxylic acids is 1. The molecule has 0 radical (unpaired) electrons. The van der Waals surface area contributed by atoms with Gasteiger partial charge in [0.15, 0.2) is 5.65 Å². The molecule has 1 fully saturated rings. The zero-order valence-electron chi connectivity index (χ0n) is 13.1. The van der Waals surface area contributed by atoms with E-state index in [-0.39, 0.29) is 17.8 Å². The number of nitrogens with one attached hydrogen (secondary N) is 1. The summed E-state index contributed by atoms with van der Waals surface area (Å²) in [5, 5.41) is 8.25. The Kier molecular flexibility index (Phi) is 3.27. The van der Waals surface area contributed by atoms with Gasteiger partial charge in [0.2, 0.25) is 5.82 Å². The van der Waals surface area contributed by atoms with Gasteiger partial charge in [-0.3, -0.25) is 4.79 Å². The van der Waals surface area contributed by atoms with Gasteiger partial charge in [-0.15, -0.1) is 16.4 Å². The summed E-state index contributed by atoms with van der Waals surface area (Å²) in [5.74, 6) is -0.0607. The molecule has 1 aliphatic heterocycles. The van der Waals surface area contributed by atoms with Crippen LogP contribution < -0.4 is 5.32 Å². The number of aryl methyl sites for hydroxylation is 2. The van der Waals surface area contributed by atoms with Crippen LogP contribution in [0, 0.1) is 0 Å². The highest BCUT2D eigenvalue weighted by Crippen LogP contribution is 2.37. The smallest absolute Gasteiger partial charge is 0.291 e. The molecule has 0 unspecified atom stereocenters. The summed E-state index contributed by atoms with van der Waals surface area (Å²) in [5.41, 5.74) is 2.08. The number of hydrogen-bond acceptors (Lipinski definition) is 6. The number of fused-ring (bicyclic) bond motifs is 5. The molecule has 2 aliphatic rings. The van der Waals surface area contributed by atoms with Crippen LogP contribution in [-0.4, -0.2) is 44.7 Å². The predicted octanol–water partition coefficient (Wildman–Crippen LogP) is 1.74. The van der Waals surface area contributed by atoms with Gasteiger partial charge in [-0.2, -0.15) is 0 Å². The maximum atomic E-state index is 12.4. The van der Waals surface area contributed by atoms with E-state index in [2.05, 4.69) is 20.4 Å². The molecule has 1 amide bonds. The number of ether oxygens (including phenoxy) is 1. The van der Waals surface area contributed by atoms with Crippen LogP contribution in [0.5, 0.6) is 0 Å². The third kappa shape index (κ3) is 2.21. The minimum Gasteiger partial charge on any atom is -0.376 e. The molecule has 1 atom stereocenters. The van der Waals surface area contributed by atoms with Crippen LogP contribution in [0.2, 0.25) is 0 Å². The average Bonchev–Trinajstić information content (AvgIpc) is 3.32. The van der Waals surface area contributed by atoms with Gasteiger partial charge < -0.3 is 10.1 Å². The maximum absolute atomic E-state index is 12.4. The van der Waals surface area contributed by atoms with Crippen molar-refractivity contribution in [3.05, 3.63) is 22.6 Å². The van der Waals surface area contributed by atoms with Crippen molar-refractivity contribution in [2.24, 2.45) is 0 Å². The minimum absolute atomic E-state index is 0.111. The number of thiophene rings is 1. The molecule has 0 bridgehead atoms. The Morgan fingerprint density at radius 1 is 1.42 bits per heavy atom. The third-order valence-electron chi connectivity index (χ3n) is 4.76. The van der Waals surface area contributed by atoms with Gasteiger partial charge in [0.25, 0.3) is 5.91 Å². The summed E-state index contributed by atoms with van der Waals surface area (Å²) >= 11 is 1.74. The minimum atomic E-state index is -0.255. The summed E-state index contributed by atoms with van der Waals surface area (Å²) in [6.07, 6.45) is 7.16. The number of rotatable bonds is 3. The van der Waals surface area contributed by atoms with E-state index < -0.39 is 0 Å². The van der Waals surface area contributed by atoms with E-state index in [9.17, 15) is 4.79 Å². The monoisotopic (exact) mass is 343 g/mol. The largest absolute Gasteiger partial charge is 0.376 e. The maximum Gasteiger partial charge on any atom is 0.291 e. The average molecular weight is 343 g/mol. The van der Waals surface area contributed by atoms with Crippen LogP contribution in [0.4, 0.5) is 0 Å². The van der Waals surface area contributed by atoms with Crippen LogP contribution in [-0.2, 0) is 17.6 Å². The Balaban J connectivity index is 1.48. The van der Waals surface area contributed by atoms with Crippen molar-refractivity contribution in [3.63, 3.8) is 0 Å². The lowest BCUT2D eigenvalue weighted by Crippen LogP contribution is -2.32. The number of amides is 1. The highest BCUT2D eigenvalue weighted by Gasteiger charge is 2.23. The normalized spacial score (nSPS) is 20.1. The van der Waals surface area contributed by atoms with Crippen molar-refractivity contribution < 1.29 is 9.53 Å². The fourth-order valence-electron chi connectivity index (χ4n) is 3.58. The summed E-state index contributed by atoms with van der Waals surface area (Å²) in [7, 11) is 0. The summed E-state index contributed by atoms with van der Waals surface area (Å²) in [6.45, 7) is 1.29. The molecular formula is C16H17N5O2S. The van der Waals surface area contributed by atoms with E-state index in [1.165, 1.54) is 16.9 Å². The van der Waals surface area contributed by atoms with Gasteiger partial charge >= 0.3 is 0 Å². The first-order valence-electron chi connectivity index (χ1n) is 8.35. The Hall–Kier alpha value is -2.06. The Bertz CT molecular complexity index is 941. The molecular weight excluding hydrogens is 326 g/mol. The molecule has 1 saturated heterocycles. The Morgan fingerprint density at radius 2 is 2.38 bits per heavy atom. The first-order valence-corrected chi connectivity index (χ1v) is 9.16. The van der Waals surface area contributed by atoms with Gasteiger partial charge in [-0.05, 0) is 37.7 Å². The second-order valence-electron chi connectivity index (χ2n) is 6.33. The van der Waals surface area contributed by atoms with Gasteiger partial charge in [0.05, 0.1) is 11.5 Å². The van der Waals surface area contributed by atoms with Crippen LogP contribution in [0.1, 0.15) is 40.3 Å². The molecule has 3 aromatic rings. The van der Waals surface area contributed by atoms with E-state index in [1.54, 1.807) is 22.2 Å². The zero-order chi connectivity index (χ0) is 16.1. The SMILES string of the molecule is O=C(NC[C@@H]1CCCO1)c1nc2c3c4c(sc3ncn2n1)CCC4. The highest BCUT2D eigenvalue weighted by molar-refractivity contribution is 7.19. The number of aromatic nitrogens is 4. The standard InChI is InChI=1S/C16H17N5O2S/c22-15(17-7-9-3-2-6-23-9)13-19-14-12-10-4-1-5-11(10)24-16(12)18-8-21(14)20-13/h8-9H,1-7H2,(H,17,22)/t9-/m0/s1. The first-order chi connectivity index (χ1) is 11.8. The van der Waals surface area contributed by atoms with Crippen LogP contribution in [0.15, 0.2) is 6.33 Å². The molecule has 1 N–H and O–H groups in total. The lowest BCUT2D eigenvalue weighted by Gasteiger charge is -2.08. The van der Waals surface area contributed by atoms with Gasteiger partial charge in [-0.25, -0.2) is 14.5 Å².